The van der Waals surface area contributed by atoms with Gasteiger partial charge in [-0.3, -0.25) is 9.59 Å². The molecule has 2 heterocycles. The summed E-state index contributed by atoms with van der Waals surface area (Å²) in [6, 6.07) is 9.49. The van der Waals surface area contributed by atoms with Crippen molar-refractivity contribution in [2.24, 2.45) is 23.7 Å². The number of thiazole rings is 1. The average Bonchev–Trinajstić information content (AvgIpc) is 3.50. The normalized spacial score (nSPS) is 26.4. The highest BCUT2D eigenvalue weighted by Gasteiger charge is 2.60. The van der Waals surface area contributed by atoms with Crippen LogP contribution in [-0.4, -0.2) is 16.8 Å². The number of anilines is 1. The van der Waals surface area contributed by atoms with Gasteiger partial charge >= 0.3 is 6.18 Å². The fraction of sp³-hybridized carbons (Fsp3) is 0.261. The molecule has 5 nitrogen and oxygen atoms in total. The minimum Gasteiger partial charge on any atom is -0.457 e. The molecule has 4 atom stereocenters. The van der Waals surface area contributed by atoms with Crippen LogP contribution in [0.2, 0.25) is 0 Å². The second kappa shape index (κ2) is 6.65. The predicted molar refractivity (Wildman–Crippen MR) is 111 cm³/mol. The Kier molecular flexibility index (Phi) is 4.05. The number of alkyl halides is 3. The molecule has 3 aliphatic rings. The van der Waals surface area contributed by atoms with Crippen LogP contribution in [-0.2, 0) is 15.8 Å². The molecule has 2 amide bonds. The standard InChI is InChI=1S/C23H15F3N2O3S/c24-23(25,26)13-3-5-14(6-4-13)31-15-7-8-16-17(10-15)32-22(27-16)28-20(29)18-11-1-2-12(9-11)19(18)21(28)30/h1-8,10-12,18-19H,9H2/t11?,12?,18-,19+. The molecule has 0 spiro atoms. The van der Waals surface area contributed by atoms with E-state index in [0.717, 1.165) is 18.6 Å². The van der Waals surface area contributed by atoms with E-state index in [0.29, 0.717) is 21.1 Å². The van der Waals surface area contributed by atoms with E-state index in [4.69, 9.17) is 4.74 Å². The highest BCUT2D eigenvalue weighted by Crippen LogP contribution is 2.53. The van der Waals surface area contributed by atoms with Gasteiger partial charge in [-0.05, 0) is 54.7 Å². The van der Waals surface area contributed by atoms with Gasteiger partial charge in [0, 0.05) is 6.07 Å². The molecule has 3 aromatic rings. The first-order valence-electron chi connectivity index (χ1n) is 10.1. The van der Waals surface area contributed by atoms with Crippen molar-refractivity contribution in [3.05, 3.63) is 60.2 Å². The zero-order chi connectivity index (χ0) is 22.2. The van der Waals surface area contributed by atoms with Crippen molar-refractivity contribution < 1.29 is 27.5 Å². The van der Waals surface area contributed by atoms with Crippen molar-refractivity contribution in [3.8, 4) is 11.5 Å². The van der Waals surface area contributed by atoms with Crippen LogP contribution in [0.5, 0.6) is 11.5 Å². The van der Waals surface area contributed by atoms with Crippen LogP contribution < -0.4 is 9.64 Å². The van der Waals surface area contributed by atoms with Crippen LogP contribution in [0.3, 0.4) is 0 Å². The smallest absolute Gasteiger partial charge is 0.416 e. The van der Waals surface area contributed by atoms with Gasteiger partial charge in [0.15, 0.2) is 5.13 Å². The summed E-state index contributed by atoms with van der Waals surface area (Å²) >= 11 is 1.22. The van der Waals surface area contributed by atoms with Crippen molar-refractivity contribution >= 4 is 38.5 Å². The fourth-order valence-corrected chi connectivity index (χ4v) is 6.00. The van der Waals surface area contributed by atoms with E-state index < -0.39 is 11.7 Å². The lowest BCUT2D eigenvalue weighted by molar-refractivity contribution is -0.137. The van der Waals surface area contributed by atoms with Crippen molar-refractivity contribution in [2.75, 3.05) is 4.90 Å². The molecular formula is C23H15F3N2O3S. The first kappa shape index (κ1) is 19.5. The zero-order valence-electron chi connectivity index (χ0n) is 16.4. The topological polar surface area (TPSA) is 59.5 Å². The second-order valence-electron chi connectivity index (χ2n) is 8.26. The van der Waals surface area contributed by atoms with Crippen molar-refractivity contribution in [1.29, 1.82) is 0 Å². The number of carbonyl (C=O) groups excluding carboxylic acids is 2. The lowest BCUT2D eigenvalue weighted by Crippen LogP contribution is -2.32. The van der Waals surface area contributed by atoms with Gasteiger partial charge in [-0.25, -0.2) is 9.88 Å². The van der Waals surface area contributed by atoms with E-state index in [9.17, 15) is 22.8 Å². The number of benzene rings is 2. The molecule has 1 saturated carbocycles. The van der Waals surface area contributed by atoms with Crippen LogP contribution in [0.4, 0.5) is 18.3 Å². The lowest BCUT2D eigenvalue weighted by Gasteiger charge is -2.14. The molecular weight excluding hydrogens is 441 g/mol. The van der Waals surface area contributed by atoms with Gasteiger partial charge in [-0.2, -0.15) is 13.2 Å². The summed E-state index contributed by atoms with van der Waals surface area (Å²) in [5.74, 6) is 0.00277. The first-order chi connectivity index (χ1) is 15.3. The number of nitrogens with zero attached hydrogens (tertiary/aromatic N) is 2. The molecule has 1 aromatic heterocycles. The number of carbonyl (C=O) groups is 2. The molecule has 1 saturated heterocycles. The lowest BCUT2D eigenvalue weighted by atomic mass is 9.85. The highest BCUT2D eigenvalue weighted by molar-refractivity contribution is 7.22. The maximum absolute atomic E-state index is 13.0. The van der Waals surface area contributed by atoms with Gasteiger partial charge in [0.25, 0.3) is 0 Å². The summed E-state index contributed by atoms with van der Waals surface area (Å²) in [6.07, 6.45) is 0.549. The maximum Gasteiger partial charge on any atom is 0.416 e. The second-order valence-corrected chi connectivity index (χ2v) is 9.27. The number of hydrogen-bond acceptors (Lipinski definition) is 5. The van der Waals surface area contributed by atoms with E-state index >= 15 is 0 Å². The largest absolute Gasteiger partial charge is 0.457 e. The molecule has 2 aromatic carbocycles. The third kappa shape index (κ3) is 2.87. The molecule has 2 unspecified atom stereocenters. The number of rotatable bonds is 3. The Morgan fingerprint density at radius 3 is 2.19 bits per heavy atom. The van der Waals surface area contributed by atoms with Gasteiger partial charge in [0.2, 0.25) is 11.8 Å². The van der Waals surface area contributed by atoms with Gasteiger partial charge in [-0.15, -0.1) is 0 Å². The van der Waals surface area contributed by atoms with Crippen LogP contribution in [0.25, 0.3) is 10.2 Å². The number of imide groups is 1. The third-order valence-electron chi connectivity index (χ3n) is 6.43. The number of hydrogen-bond donors (Lipinski definition) is 0. The van der Waals surface area contributed by atoms with Crippen LogP contribution in [0.1, 0.15) is 12.0 Å². The monoisotopic (exact) mass is 456 g/mol. The average molecular weight is 456 g/mol. The van der Waals surface area contributed by atoms with Crippen molar-refractivity contribution in [3.63, 3.8) is 0 Å². The number of allylic oxidation sites excluding steroid dienone is 2. The minimum atomic E-state index is -4.41. The van der Waals surface area contributed by atoms with E-state index in [1.165, 1.54) is 28.4 Å². The van der Waals surface area contributed by atoms with Crippen molar-refractivity contribution in [1.82, 2.24) is 4.98 Å². The van der Waals surface area contributed by atoms with Crippen LogP contribution >= 0.6 is 11.3 Å². The minimum absolute atomic E-state index is 0.129. The van der Waals surface area contributed by atoms with Crippen LogP contribution in [0, 0.1) is 23.7 Å². The first-order valence-corrected chi connectivity index (χ1v) is 10.9. The predicted octanol–water partition coefficient (Wildman–Crippen LogP) is 5.42. The van der Waals surface area contributed by atoms with Gasteiger partial charge < -0.3 is 4.74 Å². The summed E-state index contributed by atoms with van der Waals surface area (Å²) in [5.41, 5.74) is -0.135. The highest BCUT2D eigenvalue weighted by atomic mass is 32.1. The molecule has 0 radical (unpaired) electrons. The van der Waals surface area contributed by atoms with E-state index in [2.05, 4.69) is 4.98 Å². The molecule has 2 aliphatic carbocycles. The Hall–Kier alpha value is -3.20. The third-order valence-corrected chi connectivity index (χ3v) is 7.43. The van der Waals surface area contributed by atoms with Gasteiger partial charge in [-0.1, -0.05) is 23.5 Å². The SMILES string of the molecule is O=C1[C@@H]2C3C=CC(C3)[C@@H]2C(=O)N1c1nc2ccc(Oc3ccc(C(F)(F)F)cc3)cc2s1. The molecule has 2 bridgehead atoms. The molecule has 2 fully saturated rings. The number of amides is 2. The Morgan fingerprint density at radius 1 is 0.938 bits per heavy atom. The summed E-state index contributed by atoms with van der Waals surface area (Å²) in [4.78, 5) is 31.7. The fourth-order valence-electron chi connectivity index (χ4n) is 4.99. The van der Waals surface area contributed by atoms with E-state index in [1.807, 2.05) is 12.2 Å². The van der Waals surface area contributed by atoms with Crippen LogP contribution in [0.15, 0.2) is 54.6 Å². The number of fused-ring (bicyclic) bond motifs is 6. The zero-order valence-corrected chi connectivity index (χ0v) is 17.2. The van der Waals surface area contributed by atoms with Crippen molar-refractivity contribution in [2.45, 2.75) is 12.6 Å². The van der Waals surface area contributed by atoms with Gasteiger partial charge in [0.05, 0.1) is 27.6 Å². The molecule has 0 N–H and O–H groups in total. The number of aromatic nitrogens is 1. The summed E-state index contributed by atoms with van der Waals surface area (Å²) in [7, 11) is 0. The Balaban J connectivity index is 1.26. The van der Waals surface area contributed by atoms with E-state index in [-0.39, 0.29) is 41.2 Å². The Morgan fingerprint density at radius 2 is 1.56 bits per heavy atom. The molecule has 1 aliphatic heterocycles. The maximum atomic E-state index is 13.0. The van der Waals surface area contributed by atoms with E-state index in [1.54, 1.807) is 18.2 Å². The Labute approximate surface area is 184 Å². The quantitative estimate of drug-likeness (QED) is 0.390. The van der Waals surface area contributed by atoms with Gasteiger partial charge in [0.1, 0.15) is 11.5 Å². The molecule has 32 heavy (non-hydrogen) atoms. The molecule has 6 rings (SSSR count). The number of ether oxygens (including phenoxy) is 1. The summed E-state index contributed by atoms with van der Waals surface area (Å²) < 4.78 is 44.6. The summed E-state index contributed by atoms with van der Waals surface area (Å²) in [5, 5.41) is 0.343. The Bertz CT molecular complexity index is 1270. The number of halogens is 3. The molecule has 9 heteroatoms. The summed E-state index contributed by atoms with van der Waals surface area (Å²) in [6.45, 7) is 0. The molecule has 162 valence electrons.